The average Bonchev–Trinajstić information content (AvgIpc) is 2.91. The fourth-order valence-electron chi connectivity index (χ4n) is 1.58. The molecule has 0 aliphatic rings. The van der Waals surface area contributed by atoms with Gasteiger partial charge in [0, 0.05) is 21.0 Å². The van der Waals surface area contributed by atoms with Crippen molar-refractivity contribution in [3.05, 3.63) is 44.6 Å². The van der Waals surface area contributed by atoms with Gasteiger partial charge in [0.25, 0.3) is 0 Å². The Hall–Kier alpha value is -1.33. The van der Waals surface area contributed by atoms with Crippen LogP contribution in [0.4, 0.5) is 0 Å². The average molecular weight is 327 g/mol. The summed E-state index contributed by atoms with van der Waals surface area (Å²) in [5, 5.41) is 3.70. The lowest BCUT2D eigenvalue weighted by molar-refractivity contribution is 0.103. The van der Waals surface area contributed by atoms with Crippen molar-refractivity contribution in [2.45, 2.75) is 0 Å². The van der Waals surface area contributed by atoms with Gasteiger partial charge in [-0.25, -0.2) is 0 Å². The number of thiophene rings is 1. The zero-order valence-electron chi connectivity index (χ0n) is 9.90. The first-order valence-electron chi connectivity index (χ1n) is 5.15. The number of carbonyl (C=O) groups is 1. The number of ether oxygens (including phenoxy) is 2. The van der Waals surface area contributed by atoms with Gasteiger partial charge in [-0.15, -0.1) is 0 Å². The lowest BCUT2D eigenvalue weighted by Gasteiger charge is -2.10. The molecule has 0 spiro atoms. The summed E-state index contributed by atoms with van der Waals surface area (Å²) in [6.45, 7) is 0. The SMILES string of the molecule is COc1cc(Br)c(C(=O)c2ccsc2)cc1OC. The largest absolute Gasteiger partial charge is 0.493 e. The Balaban J connectivity index is 2.48. The van der Waals surface area contributed by atoms with Gasteiger partial charge in [0.2, 0.25) is 0 Å². The number of benzene rings is 1. The second-order valence-electron chi connectivity index (χ2n) is 3.53. The molecule has 2 rings (SSSR count). The first kappa shape index (κ1) is 13.1. The summed E-state index contributed by atoms with van der Waals surface area (Å²) in [6, 6.07) is 5.22. The maximum atomic E-state index is 12.3. The van der Waals surface area contributed by atoms with E-state index in [2.05, 4.69) is 15.9 Å². The zero-order chi connectivity index (χ0) is 13.1. The zero-order valence-corrected chi connectivity index (χ0v) is 12.3. The smallest absolute Gasteiger partial charge is 0.195 e. The quantitative estimate of drug-likeness (QED) is 0.802. The van der Waals surface area contributed by atoms with Crippen LogP contribution in [0.15, 0.2) is 33.4 Å². The molecule has 0 aliphatic carbocycles. The van der Waals surface area contributed by atoms with Gasteiger partial charge < -0.3 is 9.47 Å². The highest BCUT2D eigenvalue weighted by molar-refractivity contribution is 9.10. The van der Waals surface area contributed by atoms with E-state index in [-0.39, 0.29) is 5.78 Å². The molecule has 0 saturated carbocycles. The lowest BCUT2D eigenvalue weighted by atomic mass is 10.1. The summed E-state index contributed by atoms with van der Waals surface area (Å²) < 4.78 is 11.1. The highest BCUT2D eigenvalue weighted by Gasteiger charge is 2.17. The summed E-state index contributed by atoms with van der Waals surface area (Å²) in [7, 11) is 3.11. The molecule has 0 N–H and O–H groups in total. The molecule has 1 aromatic carbocycles. The third kappa shape index (κ3) is 2.42. The van der Waals surface area contributed by atoms with Gasteiger partial charge in [-0.2, -0.15) is 11.3 Å². The maximum absolute atomic E-state index is 12.3. The number of ketones is 1. The molecular formula is C13H11BrO3S. The van der Waals surface area contributed by atoms with Gasteiger partial charge in [-0.05, 0) is 39.5 Å². The van der Waals surface area contributed by atoms with Crippen LogP contribution in [0.3, 0.4) is 0 Å². The summed E-state index contributed by atoms with van der Waals surface area (Å²) in [6.07, 6.45) is 0. The van der Waals surface area contributed by atoms with Crippen LogP contribution in [-0.2, 0) is 0 Å². The molecule has 2 aromatic rings. The molecule has 0 unspecified atom stereocenters. The number of carbonyl (C=O) groups excluding carboxylic acids is 1. The Kier molecular flexibility index (Phi) is 4.04. The molecule has 0 amide bonds. The molecule has 0 radical (unpaired) electrons. The fraction of sp³-hybridized carbons (Fsp3) is 0.154. The standard InChI is InChI=1S/C13H11BrO3S/c1-16-11-5-9(10(14)6-12(11)17-2)13(15)8-3-4-18-7-8/h3-7H,1-2H3. The predicted molar refractivity (Wildman–Crippen MR) is 75.0 cm³/mol. The Morgan fingerprint density at radius 2 is 1.89 bits per heavy atom. The van der Waals surface area contributed by atoms with Crippen LogP contribution >= 0.6 is 27.3 Å². The summed E-state index contributed by atoms with van der Waals surface area (Å²) in [5.41, 5.74) is 1.24. The molecule has 1 heterocycles. The van der Waals surface area contributed by atoms with Crippen molar-refractivity contribution in [1.82, 2.24) is 0 Å². The van der Waals surface area contributed by atoms with E-state index >= 15 is 0 Å². The van der Waals surface area contributed by atoms with Crippen LogP contribution < -0.4 is 9.47 Å². The molecule has 0 fully saturated rings. The molecular weight excluding hydrogens is 316 g/mol. The minimum absolute atomic E-state index is 0.0379. The fourth-order valence-corrected chi connectivity index (χ4v) is 2.72. The topological polar surface area (TPSA) is 35.5 Å². The van der Waals surface area contributed by atoms with Gasteiger partial charge in [0.1, 0.15) is 0 Å². The van der Waals surface area contributed by atoms with E-state index in [9.17, 15) is 4.79 Å². The molecule has 0 atom stereocenters. The molecule has 5 heteroatoms. The van der Waals surface area contributed by atoms with Gasteiger partial charge in [0.05, 0.1) is 14.2 Å². The number of hydrogen-bond donors (Lipinski definition) is 0. The number of halogens is 1. The maximum Gasteiger partial charge on any atom is 0.195 e. The van der Waals surface area contributed by atoms with Crippen LogP contribution in [0, 0.1) is 0 Å². The van der Waals surface area contributed by atoms with Crippen LogP contribution in [0.2, 0.25) is 0 Å². The third-order valence-corrected chi connectivity index (χ3v) is 3.84. The van der Waals surface area contributed by atoms with Crippen LogP contribution in [0.25, 0.3) is 0 Å². The molecule has 1 aromatic heterocycles. The van der Waals surface area contributed by atoms with Crippen molar-refractivity contribution in [2.75, 3.05) is 14.2 Å². The normalized spacial score (nSPS) is 10.2. The van der Waals surface area contributed by atoms with E-state index in [1.807, 2.05) is 10.8 Å². The Morgan fingerprint density at radius 3 is 2.44 bits per heavy atom. The minimum atomic E-state index is -0.0379. The van der Waals surface area contributed by atoms with Gasteiger partial charge in [0.15, 0.2) is 17.3 Å². The Labute approximate surface area is 117 Å². The minimum Gasteiger partial charge on any atom is -0.493 e. The first-order valence-corrected chi connectivity index (χ1v) is 6.89. The lowest BCUT2D eigenvalue weighted by Crippen LogP contribution is -2.02. The second-order valence-corrected chi connectivity index (χ2v) is 5.16. The number of hydrogen-bond acceptors (Lipinski definition) is 4. The molecule has 0 aliphatic heterocycles. The van der Waals surface area contributed by atoms with Crippen LogP contribution in [0.1, 0.15) is 15.9 Å². The third-order valence-electron chi connectivity index (χ3n) is 2.50. The van der Waals surface area contributed by atoms with Crippen molar-refractivity contribution >= 4 is 33.0 Å². The molecule has 3 nitrogen and oxygen atoms in total. The van der Waals surface area contributed by atoms with Gasteiger partial charge >= 0.3 is 0 Å². The van der Waals surface area contributed by atoms with E-state index < -0.39 is 0 Å². The summed E-state index contributed by atoms with van der Waals surface area (Å²) >= 11 is 4.88. The summed E-state index contributed by atoms with van der Waals surface area (Å²) in [4.78, 5) is 12.3. The summed E-state index contributed by atoms with van der Waals surface area (Å²) in [5.74, 6) is 1.09. The van der Waals surface area contributed by atoms with Crippen molar-refractivity contribution < 1.29 is 14.3 Å². The van der Waals surface area contributed by atoms with E-state index in [4.69, 9.17) is 9.47 Å². The van der Waals surface area contributed by atoms with Crippen molar-refractivity contribution in [2.24, 2.45) is 0 Å². The molecule has 94 valence electrons. The predicted octanol–water partition coefficient (Wildman–Crippen LogP) is 3.76. The highest BCUT2D eigenvalue weighted by Crippen LogP contribution is 2.34. The van der Waals surface area contributed by atoms with Gasteiger partial charge in [-0.3, -0.25) is 4.79 Å². The van der Waals surface area contributed by atoms with E-state index in [0.29, 0.717) is 27.1 Å². The molecule has 18 heavy (non-hydrogen) atoms. The molecule has 0 bridgehead atoms. The number of rotatable bonds is 4. The first-order chi connectivity index (χ1) is 8.67. The van der Waals surface area contributed by atoms with Gasteiger partial charge in [-0.1, -0.05) is 0 Å². The van der Waals surface area contributed by atoms with Crippen LogP contribution in [-0.4, -0.2) is 20.0 Å². The Bertz CT molecular complexity index is 564. The monoisotopic (exact) mass is 326 g/mol. The van der Waals surface area contributed by atoms with Crippen molar-refractivity contribution in [1.29, 1.82) is 0 Å². The van der Waals surface area contributed by atoms with E-state index in [1.165, 1.54) is 11.3 Å². The molecule has 0 saturated heterocycles. The van der Waals surface area contributed by atoms with Crippen LogP contribution in [0.5, 0.6) is 11.5 Å². The highest BCUT2D eigenvalue weighted by atomic mass is 79.9. The van der Waals surface area contributed by atoms with Crippen molar-refractivity contribution in [3.63, 3.8) is 0 Å². The van der Waals surface area contributed by atoms with E-state index in [1.54, 1.807) is 32.4 Å². The van der Waals surface area contributed by atoms with Crippen molar-refractivity contribution in [3.8, 4) is 11.5 Å². The second kappa shape index (κ2) is 5.54. The van der Waals surface area contributed by atoms with E-state index in [0.717, 1.165) is 0 Å². The number of methoxy groups -OCH3 is 2. The Morgan fingerprint density at radius 1 is 1.22 bits per heavy atom.